The van der Waals surface area contributed by atoms with Crippen molar-refractivity contribution in [2.75, 3.05) is 26.2 Å². The van der Waals surface area contributed by atoms with Crippen molar-refractivity contribution in [1.82, 2.24) is 30.1 Å². The van der Waals surface area contributed by atoms with E-state index in [0.29, 0.717) is 43.4 Å². The molecule has 1 fully saturated rings. The maximum Gasteiger partial charge on any atom is 0.410 e. The first-order valence-corrected chi connectivity index (χ1v) is 13.9. The number of nitrogens with two attached hydrogens (primary N) is 1. The van der Waals surface area contributed by atoms with Gasteiger partial charge in [0.25, 0.3) is 0 Å². The Morgan fingerprint density at radius 2 is 1.88 bits per heavy atom. The van der Waals surface area contributed by atoms with E-state index in [-0.39, 0.29) is 30.9 Å². The van der Waals surface area contributed by atoms with Crippen LogP contribution in [0.5, 0.6) is 0 Å². The van der Waals surface area contributed by atoms with Gasteiger partial charge in [-0.05, 0) is 51.3 Å². The first kappa shape index (κ1) is 29.9. The Balaban J connectivity index is 1.51. The molecule has 1 aliphatic rings. The molecule has 12 heteroatoms. The highest BCUT2D eigenvalue weighted by Crippen LogP contribution is 2.20. The van der Waals surface area contributed by atoms with Gasteiger partial charge >= 0.3 is 6.09 Å². The second-order valence-corrected chi connectivity index (χ2v) is 10.8. The molecule has 2 atom stereocenters. The molecule has 0 bridgehead atoms. The van der Waals surface area contributed by atoms with Crippen LogP contribution >= 0.6 is 0 Å². The normalized spacial score (nSPS) is 16.3. The van der Waals surface area contributed by atoms with Gasteiger partial charge < -0.3 is 30.7 Å². The van der Waals surface area contributed by atoms with Crippen LogP contribution in [0.1, 0.15) is 56.7 Å². The lowest BCUT2D eigenvalue weighted by Crippen LogP contribution is -2.51. The number of carbonyl (C=O) groups excluding carboxylic acids is 3. The summed E-state index contributed by atoms with van der Waals surface area (Å²) in [5, 5.41) is 14.4. The SMILES string of the molecule is CCNC(=O)C1CCCN(C(=O)OCc2cccc3nnc([C@@H](COCc4ccccc4)NC(=O)C(C)(C)N)n23)C1. The van der Waals surface area contributed by atoms with Gasteiger partial charge in [-0.25, -0.2) is 4.79 Å². The smallest absolute Gasteiger partial charge is 0.410 e. The van der Waals surface area contributed by atoms with E-state index in [1.54, 1.807) is 41.3 Å². The zero-order chi connectivity index (χ0) is 29.4. The van der Waals surface area contributed by atoms with Crippen molar-refractivity contribution in [3.63, 3.8) is 0 Å². The first-order chi connectivity index (χ1) is 19.7. The zero-order valence-electron chi connectivity index (χ0n) is 23.8. The maximum absolute atomic E-state index is 13.0. The number of rotatable bonds is 11. The zero-order valence-corrected chi connectivity index (χ0v) is 23.8. The summed E-state index contributed by atoms with van der Waals surface area (Å²) in [4.78, 5) is 39.7. The van der Waals surface area contributed by atoms with Crippen LogP contribution < -0.4 is 16.4 Å². The molecule has 4 rings (SSSR count). The predicted molar refractivity (Wildman–Crippen MR) is 151 cm³/mol. The topological polar surface area (TPSA) is 153 Å². The Labute approximate surface area is 239 Å². The number of carbonyl (C=O) groups is 3. The third-order valence-corrected chi connectivity index (χ3v) is 6.88. The Morgan fingerprint density at radius 3 is 2.61 bits per heavy atom. The Morgan fingerprint density at radius 1 is 1.10 bits per heavy atom. The van der Waals surface area contributed by atoms with E-state index in [9.17, 15) is 14.4 Å². The van der Waals surface area contributed by atoms with Gasteiger partial charge in [-0.15, -0.1) is 10.2 Å². The highest BCUT2D eigenvalue weighted by molar-refractivity contribution is 5.85. The van der Waals surface area contributed by atoms with Crippen LogP contribution in [0.3, 0.4) is 0 Å². The summed E-state index contributed by atoms with van der Waals surface area (Å²) in [5.74, 6) is -0.256. The average Bonchev–Trinajstić information content (AvgIpc) is 3.40. The van der Waals surface area contributed by atoms with Crippen molar-refractivity contribution in [3.05, 3.63) is 65.6 Å². The molecule has 1 aliphatic heterocycles. The molecule has 2 aromatic heterocycles. The Hall–Kier alpha value is -4.03. The fourth-order valence-corrected chi connectivity index (χ4v) is 4.67. The number of hydrogen-bond acceptors (Lipinski definition) is 8. The number of hydrogen-bond donors (Lipinski definition) is 3. The first-order valence-electron chi connectivity index (χ1n) is 13.9. The number of nitrogens with zero attached hydrogens (tertiary/aromatic N) is 4. The van der Waals surface area contributed by atoms with Crippen molar-refractivity contribution >= 4 is 23.6 Å². The van der Waals surface area contributed by atoms with Crippen LogP contribution in [0.25, 0.3) is 5.65 Å². The molecule has 1 saturated heterocycles. The molecule has 3 heterocycles. The summed E-state index contributed by atoms with van der Waals surface area (Å²) in [6, 6.07) is 14.4. The van der Waals surface area contributed by atoms with Crippen LogP contribution in [0, 0.1) is 5.92 Å². The molecule has 0 saturated carbocycles. The predicted octanol–water partition coefficient (Wildman–Crippen LogP) is 2.33. The molecule has 3 aromatic rings. The quantitative estimate of drug-likeness (QED) is 0.320. The molecular formula is C29H39N7O5. The van der Waals surface area contributed by atoms with Gasteiger partial charge in [-0.1, -0.05) is 36.4 Å². The van der Waals surface area contributed by atoms with Gasteiger partial charge in [-0.3, -0.25) is 14.0 Å². The van der Waals surface area contributed by atoms with Crippen molar-refractivity contribution < 1.29 is 23.9 Å². The second-order valence-electron chi connectivity index (χ2n) is 10.8. The average molecular weight is 566 g/mol. The number of aromatic nitrogens is 3. The number of pyridine rings is 1. The van der Waals surface area contributed by atoms with Gasteiger partial charge in [0, 0.05) is 19.6 Å². The summed E-state index contributed by atoms with van der Waals surface area (Å²) < 4.78 is 13.4. The fourth-order valence-electron chi connectivity index (χ4n) is 4.67. The summed E-state index contributed by atoms with van der Waals surface area (Å²) in [7, 11) is 0. The Bertz CT molecular complexity index is 1340. The van der Waals surface area contributed by atoms with Gasteiger partial charge in [0.05, 0.1) is 30.4 Å². The number of amides is 3. The van der Waals surface area contributed by atoms with Crippen LogP contribution in [0.15, 0.2) is 48.5 Å². The number of ether oxygens (including phenoxy) is 2. The lowest BCUT2D eigenvalue weighted by Gasteiger charge is -2.31. The molecule has 3 amide bonds. The van der Waals surface area contributed by atoms with Gasteiger partial charge in [0.15, 0.2) is 11.5 Å². The number of nitrogens with one attached hydrogen (secondary N) is 2. The largest absolute Gasteiger partial charge is 0.443 e. The number of likely N-dealkylation sites (tertiary alicyclic amines) is 1. The van der Waals surface area contributed by atoms with Crippen molar-refractivity contribution in [2.24, 2.45) is 11.7 Å². The molecular weight excluding hydrogens is 526 g/mol. The molecule has 0 aliphatic carbocycles. The number of benzene rings is 1. The molecule has 0 spiro atoms. The molecule has 1 unspecified atom stereocenters. The summed E-state index contributed by atoms with van der Waals surface area (Å²) >= 11 is 0. The van der Waals surface area contributed by atoms with E-state index in [2.05, 4.69) is 20.8 Å². The minimum absolute atomic E-state index is 0.0490. The second kappa shape index (κ2) is 13.6. The van der Waals surface area contributed by atoms with Crippen LogP contribution in [-0.4, -0.2) is 69.2 Å². The van der Waals surface area contributed by atoms with E-state index in [1.807, 2.05) is 37.3 Å². The standard InChI is InChI=1S/C29H39N7O5/c1-4-31-26(37)21-12-9-15-35(16-21)28(39)41-18-22-13-8-14-24-33-34-25(36(22)24)23(32-27(38)29(2,3)30)19-40-17-20-10-6-5-7-11-20/h5-8,10-11,13-14,21,23H,4,9,12,15-19,30H2,1-3H3,(H,31,37)(H,32,38)/t21?,23-/m1/s1. The van der Waals surface area contributed by atoms with Gasteiger partial charge in [0.1, 0.15) is 12.6 Å². The molecule has 4 N–H and O–H groups in total. The van der Waals surface area contributed by atoms with E-state index in [1.165, 1.54) is 0 Å². The highest BCUT2D eigenvalue weighted by Gasteiger charge is 2.30. The van der Waals surface area contributed by atoms with Crippen LogP contribution in [-0.2, 0) is 32.3 Å². The van der Waals surface area contributed by atoms with Crippen molar-refractivity contribution in [3.8, 4) is 0 Å². The number of piperidine rings is 1. The van der Waals surface area contributed by atoms with E-state index < -0.39 is 17.7 Å². The third kappa shape index (κ3) is 7.80. The molecule has 0 radical (unpaired) electrons. The lowest BCUT2D eigenvalue weighted by atomic mass is 9.97. The monoisotopic (exact) mass is 565 g/mol. The summed E-state index contributed by atoms with van der Waals surface area (Å²) in [5.41, 5.74) is 7.06. The molecule has 220 valence electrons. The van der Waals surface area contributed by atoms with Gasteiger partial charge in [0.2, 0.25) is 11.8 Å². The maximum atomic E-state index is 13.0. The minimum Gasteiger partial charge on any atom is -0.443 e. The van der Waals surface area contributed by atoms with E-state index in [4.69, 9.17) is 15.2 Å². The van der Waals surface area contributed by atoms with E-state index >= 15 is 0 Å². The van der Waals surface area contributed by atoms with Crippen LogP contribution in [0.2, 0.25) is 0 Å². The van der Waals surface area contributed by atoms with Crippen molar-refractivity contribution in [2.45, 2.75) is 58.4 Å². The third-order valence-electron chi connectivity index (χ3n) is 6.88. The van der Waals surface area contributed by atoms with Crippen molar-refractivity contribution in [1.29, 1.82) is 0 Å². The van der Waals surface area contributed by atoms with Gasteiger partial charge in [-0.2, -0.15) is 0 Å². The summed E-state index contributed by atoms with van der Waals surface area (Å²) in [6.07, 6.45) is 0.966. The molecule has 12 nitrogen and oxygen atoms in total. The summed E-state index contributed by atoms with van der Waals surface area (Å²) in [6.45, 7) is 6.89. The van der Waals surface area contributed by atoms with Crippen LogP contribution in [0.4, 0.5) is 4.79 Å². The minimum atomic E-state index is -1.13. The highest BCUT2D eigenvalue weighted by atomic mass is 16.6. The number of fused-ring (bicyclic) bond motifs is 1. The fraction of sp³-hybridized carbons (Fsp3) is 0.483. The lowest BCUT2D eigenvalue weighted by molar-refractivity contribution is -0.127. The van der Waals surface area contributed by atoms with E-state index in [0.717, 1.165) is 18.4 Å². The molecule has 1 aromatic carbocycles. The Kier molecular flexibility index (Phi) is 9.90. The molecule has 41 heavy (non-hydrogen) atoms.